The zero-order valence-corrected chi connectivity index (χ0v) is 11.8. The Balaban J connectivity index is 1.82. The van der Waals surface area contributed by atoms with Crippen molar-refractivity contribution in [2.75, 3.05) is 7.11 Å². The zero-order valence-electron chi connectivity index (χ0n) is 11.0. The number of rotatable bonds is 4. The third kappa shape index (κ3) is 2.64. The molecule has 0 aliphatic rings. The van der Waals surface area contributed by atoms with Gasteiger partial charge >= 0.3 is 0 Å². The first kappa shape index (κ1) is 13.0. The van der Waals surface area contributed by atoms with Crippen molar-refractivity contribution in [2.45, 2.75) is 12.5 Å². The molecule has 0 amide bonds. The van der Waals surface area contributed by atoms with E-state index < -0.39 is 6.10 Å². The molecular formula is C15H14N2O2S. The highest BCUT2D eigenvalue weighted by Gasteiger charge is 2.13. The molecule has 2 heterocycles. The van der Waals surface area contributed by atoms with E-state index in [0.29, 0.717) is 12.3 Å². The second kappa shape index (κ2) is 5.56. The summed E-state index contributed by atoms with van der Waals surface area (Å²) < 4.78 is 6.24. The standard InChI is InChI=1S/C15H14N2O2S/c1-19-15-8-11(16-9-17-15)7-12(18)14-6-10-4-2-3-5-13(10)20-14/h2-6,8-9,12,18H,7H2,1H3. The molecule has 5 heteroatoms. The lowest BCUT2D eigenvalue weighted by atomic mass is 10.1. The van der Waals surface area contributed by atoms with Crippen molar-refractivity contribution in [1.82, 2.24) is 9.97 Å². The van der Waals surface area contributed by atoms with Crippen molar-refractivity contribution in [1.29, 1.82) is 0 Å². The Bertz CT molecular complexity index is 693. The number of benzene rings is 1. The second-order valence-electron chi connectivity index (χ2n) is 4.46. The maximum atomic E-state index is 10.3. The molecule has 0 aliphatic carbocycles. The number of hydrogen-bond donors (Lipinski definition) is 1. The summed E-state index contributed by atoms with van der Waals surface area (Å²) >= 11 is 1.61. The quantitative estimate of drug-likeness (QED) is 0.801. The lowest BCUT2D eigenvalue weighted by Crippen LogP contribution is -2.02. The Hall–Kier alpha value is -1.98. The highest BCUT2D eigenvalue weighted by molar-refractivity contribution is 7.19. The van der Waals surface area contributed by atoms with Crippen LogP contribution in [0.1, 0.15) is 16.7 Å². The van der Waals surface area contributed by atoms with Crippen LogP contribution in [0.25, 0.3) is 10.1 Å². The molecule has 0 radical (unpaired) electrons. The van der Waals surface area contributed by atoms with Gasteiger partial charge in [0.1, 0.15) is 6.33 Å². The molecule has 20 heavy (non-hydrogen) atoms. The fourth-order valence-corrected chi connectivity index (χ4v) is 3.12. The number of ether oxygens (including phenoxy) is 1. The number of thiophene rings is 1. The number of aliphatic hydroxyl groups excluding tert-OH is 1. The summed E-state index contributed by atoms with van der Waals surface area (Å²) in [5.74, 6) is 0.513. The van der Waals surface area contributed by atoms with Crippen LogP contribution in [-0.2, 0) is 6.42 Å². The van der Waals surface area contributed by atoms with E-state index in [-0.39, 0.29) is 0 Å². The van der Waals surface area contributed by atoms with Crippen LogP contribution in [0.2, 0.25) is 0 Å². The molecule has 0 bridgehead atoms. The highest BCUT2D eigenvalue weighted by Crippen LogP contribution is 2.31. The topological polar surface area (TPSA) is 55.2 Å². The van der Waals surface area contributed by atoms with Gasteiger partial charge in [0, 0.05) is 22.1 Å². The van der Waals surface area contributed by atoms with E-state index in [1.54, 1.807) is 24.5 Å². The van der Waals surface area contributed by atoms with Crippen molar-refractivity contribution in [3.05, 3.63) is 53.3 Å². The third-order valence-electron chi connectivity index (χ3n) is 3.08. The molecule has 1 atom stereocenters. The fraction of sp³-hybridized carbons (Fsp3) is 0.200. The zero-order chi connectivity index (χ0) is 13.9. The minimum Gasteiger partial charge on any atom is -0.481 e. The summed E-state index contributed by atoms with van der Waals surface area (Å²) in [6.45, 7) is 0. The van der Waals surface area contributed by atoms with E-state index >= 15 is 0 Å². The highest BCUT2D eigenvalue weighted by atomic mass is 32.1. The largest absolute Gasteiger partial charge is 0.481 e. The molecule has 0 saturated carbocycles. The Morgan fingerprint density at radius 1 is 1.25 bits per heavy atom. The lowest BCUT2D eigenvalue weighted by molar-refractivity contribution is 0.181. The molecule has 1 N–H and O–H groups in total. The van der Waals surface area contributed by atoms with Crippen LogP contribution in [0.5, 0.6) is 5.88 Å². The smallest absolute Gasteiger partial charge is 0.216 e. The van der Waals surface area contributed by atoms with Gasteiger partial charge in [-0.2, -0.15) is 0 Å². The van der Waals surface area contributed by atoms with E-state index in [9.17, 15) is 5.11 Å². The van der Waals surface area contributed by atoms with Gasteiger partial charge < -0.3 is 9.84 Å². The second-order valence-corrected chi connectivity index (χ2v) is 5.57. The first-order valence-corrected chi connectivity index (χ1v) is 7.09. The van der Waals surface area contributed by atoms with E-state index in [2.05, 4.69) is 22.1 Å². The molecule has 0 saturated heterocycles. The number of fused-ring (bicyclic) bond motifs is 1. The van der Waals surface area contributed by atoms with Crippen LogP contribution in [0.4, 0.5) is 0 Å². The van der Waals surface area contributed by atoms with E-state index in [1.807, 2.05) is 18.2 Å². The van der Waals surface area contributed by atoms with Gasteiger partial charge in [-0.1, -0.05) is 18.2 Å². The molecule has 1 unspecified atom stereocenters. The number of hydrogen-bond acceptors (Lipinski definition) is 5. The van der Waals surface area contributed by atoms with E-state index in [1.165, 1.54) is 11.0 Å². The summed E-state index contributed by atoms with van der Waals surface area (Å²) in [7, 11) is 1.56. The summed E-state index contributed by atoms with van der Waals surface area (Å²) in [4.78, 5) is 9.07. The Morgan fingerprint density at radius 2 is 2.10 bits per heavy atom. The molecule has 102 valence electrons. The minimum atomic E-state index is -0.563. The maximum absolute atomic E-state index is 10.3. The molecular weight excluding hydrogens is 272 g/mol. The van der Waals surface area contributed by atoms with Gasteiger partial charge in [0.2, 0.25) is 5.88 Å². The Labute approximate surface area is 120 Å². The van der Waals surface area contributed by atoms with Crippen molar-refractivity contribution in [2.24, 2.45) is 0 Å². The van der Waals surface area contributed by atoms with Gasteiger partial charge in [0.25, 0.3) is 0 Å². The number of aromatic nitrogens is 2. The van der Waals surface area contributed by atoms with Gasteiger partial charge in [-0.05, 0) is 17.5 Å². The maximum Gasteiger partial charge on any atom is 0.216 e. The van der Waals surface area contributed by atoms with Crippen LogP contribution in [0.15, 0.2) is 42.7 Å². The number of nitrogens with zero attached hydrogens (tertiary/aromatic N) is 2. The van der Waals surface area contributed by atoms with Crippen LogP contribution < -0.4 is 4.74 Å². The van der Waals surface area contributed by atoms with E-state index in [0.717, 1.165) is 16.0 Å². The van der Waals surface area contributed by atoms with Gasteiger partial charge in [0.05, 0.1) is 18.9 Å². The molecule has 4 nitrogen and oxygen atoms in total. The SMILES string of the molecule is COc1cc(CC(O)c2cc3ccccc3s2)ncn1. The van der Waals surface area contributed by atoms with Crippen LogP contribution in [-0.4, -0.2) is 22.2 Å². The molecule has 1 aromatic carbocycles. The normalized spacial score (nSPS) is 12.5. The molecule has 0 aliphatic heterocycles. The van der Waals surface area contributed by atoms with Crippen molar-refractivity contribution < 1.29 is 9.84 Å². The van der Waals surface area contributed by atoms with Crippen molar-refractivity contribution >= 4 is 21.4 Å². The van der Waals surface area contributed by atoms with E-state index in [4.69, 9.17) is 4.74 Å². The summed E-state index contributed by atoms with van der Waals surface area (Å²) in [6.07, 6.45) is 1.34. The van der Waals surface area contributed by atoms with Crippen LogP contribution >= 0.6 is 11.3 Å². The number of methoxy groups -OCH3 is 1. The molecule has 3 rings (SSSR count). The molecule has 3 aromatic rings. The van der Waals surface area contributed by atoms with Crippen molar-refractivity contribution in [3.8, 4) is 5.88 Å². The first-order valence-electron chi connectivity index (χ1n) is 6.27. The lowest BCUT2D eigenvalue weighted by Gasteiger charge is -2.08. The molecule has 2 aromatic heterocycles. The van der Waals surface area contributed by atoms with Gasteiger partial charge in [-0.3, -0.25) is 0 Å². The average Bonchev–Trinajstić information content (AvgIpc) is 2.91. The molecule has 0 spiro atoms. The molecule has 0 fully saturated rings. The van der Waals surface area contributed by atoms with Gasteiger partial charge in [0.15, 0.2) is 0 Å². The van der Waals surface area contributed by atoms with Gasteiger partial charge in [-0.15, -0.1) is 11.3 Å². The van der Waals surface area contributed by atoms with Crippen LogP contribution in [0, 0.1) is 0 Å². The number of aliphatic hydroxyl groups is 1. The summed E-state index contributed by atoms with van der Waals surface area (Å²) in [5, 5.41) is 11.5. The summed E-state index contributed by atoms with van der Waals surface area (Å²) in [5.41, 5.74) is 0.766. The first-order chi connectivity index (χ1) is 9.76. The van der Waals surface area contributed by atoms with Gasteiger partial charge in [-0.25, -0.2) is 9.97 Å². The third-order valence-corrected chi connectivity index (χ3v) is 4.30. The van der Waals surface area contributed by atoms with Crippen molar-refractivity contribution in [3.63, 3.8) is 0 Å². The monoisotopic (exact) mass is 286 g/mol. The Morgan fingerprint density at radius 3 is 2.90 bits per heavy atom. The fourth-order valence-electron chi connectivity index (χ4n) is 2.07. The minimum absolute atomic E-state index is 0.450. The average molecular weight is 286 g/mol. The summed E-state index contributed by atoms with van der Waals surface area (Å²) in [6, 6.07) is 11.9. The predicted molar refractivity (Wildman–Crippen MR) is 79.1 cm³/mol. The van der Waals surface area contributed by atoms with Crippen LogP contribution in [0.3, 0.4) is 0 Å². The predicted octanol–water partition coefficient (Wildman–Crippen LogP) is 2.98. The Kier molecular flexibility index (Phi) is 3.62.